The Balaban J connectivity index is 0.00000529. The fourth-order valence-electron chi connectivity index (χ4n) is 1.67. The zero-order valence-corrected chi connectivity index (χ0v) is 15.9. The Labute approximate surface area is 156 Å². The molecule has 0 spiro atoms. The SMILES string of the molecule is CN=C(NCCCNc1ccc(C(F)(F)F)cn1)NCCOC.I. The highest BCUT2D eigenvalue weighted by Gasteiger charge is 2.30. The summed E-state index contributed by atoms with van der Waals surface area (Å²) in [5.74, 6) is 1.09. The average Bonchev–Trinajstić information content (AvgIpc) is 2.52. The van der Waals surface area contributed by atoms with Crippen LogP contribution in [0.15, 0.2) is 23.3 Å². The van der Waals surface area contributed by atoms with Crippen LogP contribution in [0.3, 0.4) is 0 Å². The van der Waals surface area contributed by atoms with Crippen LogP contribution in [0.5, 0.6) is 0 Å². The molecule has 138 valence electrons. The summed E-state index contributed by atoms with van der Waals surface area (Å²) in [5, 5.41) is 9.16. The van der Waals surface area contributed by atoms with Gasteiger partial charge in [0, 0.05) is 40.0 Å². The van der Waals surface area contributed by atoms with Gasteiger partial charge in [-0.3, -0.25) is 4.99 Å². The van der Waals surface area contributed by atoms with Crippen LogP contribution < -0.4 is 16.0 Å². The molecule has 0 aliphatic carbocycles. The van der Waals surface area contributed by atoms with Crippen LogP contribution in [0, 0.1) is 0 Å². The summed E-state index contributed by atoms with van der Waals surface area (Å²) in [6, 6.07) is 2.33. The second kappa shape index (κ2) is 12.1. The lowest BCUT2D eigenvalue weighted by Gasteiger charge is -2.12. The number of methoxy groups -OCH3 is 1. The normalized spacial score (nSPS) is 11.6. The molecule has 3 N–H and O–H groups in total. The lowest BCUT2D eigenvalue weighted by atomic mass is 10.3. The summed E-state index contributed by atoms with van der Waals surface area (Å²) in [6.07, 6.45) is -2.78. The smallest absolute Gasteiger partial charge is 0.383 e. The van der Waals surface area contributed by atoms with E-state index in [2.05, 4.69) is 25.9 Å². The van der Waals surface area contributed by atoms with Crippen molar-refractivity contribution in [3.63, 3.8) is 0 Å². The molecule has 1 heterocycles. The van der Waals surface area contributed by atoms with Gasteiger partial charge in [0.25, 0.3) is 0 Å². The van der Waals surface area contributed by atoms with Crippen molar-refractivity contribution in [3.8, 4) is 0 Å². The molecule has 0 radical (unpaired) electrons. The molecule has 10 heteroatoms. The Morgan fingerprint density at radius 2 is 1.92 bits per heavy atom. The zero-order valence-electron chi connectivity index (χ0n) is 13.6. The van der Waals surface area contributed by atoms with Gasteiger partial charge in [-0.1, -0.05) is 0 Å². The molecule has 0 saturated heterocycles. The van der Waals surface area contributed by atoms with Gasteiger partial charge in [0.15, 0.2) is 5.96 Å². The fourth-order valence-corrected chi connectivity index (χ4v) is 1.67. The fraction of sp³-hybridized carbons (Fsp3) is 0.571. The molecule has 0 amide bonds. The molecule has 1 rings (SSSR count). The highest BCUT2D eigenvalue weighted by Crippen LogP contribution is 2.28. The molecule has 6 nitrogen and oxygen atoms in total. The molecule has 1 aromatic heterocycles. The molecule has 0 fully saturated rings. The minimum absolute atomic E-state index is 0. The van der Waals surface area contributed by atoms with Gasteiger partial charge in [0.05, 0.1) is 12.2 Å². The number of rotatable bonds is 8. The van der Waals surface area contributed by atoms with Crippen molar-refractivity contribution >= 4 is 35.8 Å². The van der Waals surface area contributed by atoms with Gasteiger partial charge < -0.3 is 20.7 Å². The first-order valence-corrected chi connectivity index (χ1v) is 7.18. The van der Waals surface area contributed by atoms with Crippen LogP contribution >= 0.6 is 24.0 Å². The van der Waals surface area contributed by atoms with Crippen molar-refractivity contribution in [1.82, 2.24) is 15.6 Å². The maximum absolute atomic E-state index is 12.4. The van der Waals surface area contributed by atoms with E-state index in [-0.39, 0.29) is 24.0 Å². The number of pyridine rings is 1. The second-order valence-electron chi connectivity index (χ2n) is 4.63. The molecule has 24 heavy (non-hydrogen) atoms. The Morgan fingerprint density at radius 1 is 1.21 bits per heavy atom. The van der Waals surface area contributed by atoms with Gasteiger partial charge in [0.2, 0.25) is 0 Å². The summed E-state index contributed by atoms with van der Waals surface area (Å²) in [5.41, 5.74) is -0.754. The van der Waals surface area contributed by atoms with Crippen LogP contribution in [0.4, 0.5) is 19.0 Å². The van der Waals surface area contributed by atoms with E-state index in [0.717, 1.165) is 18.7 Å². The lowest BCUT2D eigenvalue weighted by Crippen LogP contribution is -2.39. The predicted octanol–water partition coefficient (Wildman–Crippen LogP) is 2.33. The molecular weight excluding hydrogens is 438 g/mol. The summed E-state index contributed by atoms with van der Waals surface area (Å²) < 4.78 is 42.1. The van der Waals surface area contributed by atoms with E-state index in [4.69, 9.17) is 4.74 Å². The van der Waals surface area contributed by atoms with Crippen molar-refractivity contribution in [2.24, 2.45) is 4.99 Å². The van der Waals surface area contributed by atoms with Crippen molar-refractivity contribution in [3.05, 3.63) is 23.9 Å². The molecule has 0 unspecified atom stereocenters. The van der Waals surface area contributed by atoms with Gasteiger partial charge in [-0.05, 0) is 18.6 Å². The van der Waals surface area contributed by atoms with Gasteiger partial charge in [-0.2, -0.15) is 13.2 Å². The number of nitrogens with zero attached hydrogens (tertiary/aromatic N) is 2. The number of alkyl halides is 3. The number of ether oxygens (including phenoxy) is 1. The largest absolute Gasteiger partial charge is 0.417 e. The summed E-state index contributed by atoms with van der Waals surface area (Å²) >= 11 is 0. The molecule has 0 saturated carbocycles. The number of anilines is 1. The van der Waals surface area contributed by atoms with E-state index in [1.165, 1.54) is 6.07 Å². The van der Waals surface area contributed by atoms with Gasteiger partial charge >= 0.3 is 6.18 Å². The topological polar surface area (TPSA) is 70.6 Å². The van der Waals surface area contributed by atoms with Gasteiger partial charge in [-0.15, -0.1) is 24.0 Å². The van der Waals surface area contributed by atoms with E-state index < -0.39 is 11.7 Å². The zero-order chi connectivity index (χ0) is 17.1. The Bertz CT molecular complexity index is 482. The lowest BCUT2D eigenvalue weighted by molar-refractivity contribution is -0.137. The van der Waals surface area contributed by atoms with Crippen LogP contribution in [0.2, 0.25) is 0 Å². The van der Waals surface area contributed by atoms with E-state index in [1.54, 1.807) is 14.2 Å². The predicted molar refractivity (Wildman–Crippen MR) is 99.0 cm³/mol. The van der Waals surface area contributed by atoms with Crippen molar-refractivity contribution < 1.29 is 17.9 Å². The maximum atomic E-state index is 12.4. The first kappa shape index (κ1) is 22.7. The minimum atomic E-state index is -4.36. The highest BCUT2D eigenvalue weighted by atomic mass is 127. The highest BCUT2D eigenvalue weighted by molar-refractivity contribution is 14.0. The Hall–Kier alpha value is -1.30. The molecule has 0 bridgehead atoms. The molecule has 1 aromatic rings. The third-order valence-corrected chi connectivity index (χ3v) is 2.87. The van der Waals surface area contributed by atoms with Gasteiger partial charge in [0.1, 0.15) is 5.82 Å². The molecule has 0 aliphatic rings. The number of guanidine groups is 1. The van der Waals surface area contributed by atoms with E-state index in [1.807, 2.05) is 0 Å². The average molecular weight is 461 g/mol. The van der Waals surface area contributed by atoms with E-state index >= 15 is 0 Å². The minimum Gasteiger partial charge on any atom is -0.383 e. The van der Waals surface area contributed by atoms with Crippen molar-refractivity contribution in [1.29, 1.82) is 0 Å². The number of nitrogens with one attached hydrogen (secondary N) is 3. The third kappa shape index (κ3) is 9.11. The monoisotopic (exact) mass is 461 g/mol. The summed E-state index contributed by atoms with van der Waals surface area (Å²) in [4.78, 5) is 7.79. The number of aliphatic imine (C=N–C) groups is 1. The maximum Gasteiger partial charge on any atom is 0.417 e. The first-order valence-electron chi connectivity index (χ1n) is 7.18. The summed E-state index contributed by atoms with van der Waals surface area (Å²) in [6.45, 7) is 2.49. The standard InChI is InChI=1S/C14H22F3N5O.HI/c1-18-13(21-8-9-23-2)20-7-3-6-19-12-5-4-11(10-22-12)14(15,16)17;/h4-5,10H,3,6-9H2,1-2H3,(H,19,22)(H2,18,20,21);1H. The van der Waals surface area contributed by atoms with E-state index in [0.29, 0.717) is 38.0 Å². The molecular formula is C14H23F3IN5O. The number of hydrogen-bond donors (Lipinski definition) is 3. The number of aromatic nitrogens is 1. The Morgan fingerprint density at radius 3 is 2.46 bits per heavy atom. The van der Waals surface area contributed by atoms with E-state index in [9.17, 15) is 13.2 Å². The van der Waals surface area contributed by atoms with Crippen LogP contribution in [0.1, 0.15) is 12.0 Å². The number of halogens is 4. The molecule has 0 aromatic carbocycles. The van der Waals surface area contributed by atoms with Crippen LogP contribution in [-0.2, 0) is 10.9 Å². The molecule has 0 atom stereocenters. The molecule has 0 aliphatic heterocycles. The summed E-state index contributed by atoms with van der Waals surface area (Å²) in [7, 11) is 3.30. The van der Waals surface area contributed by atoms with Crippen molar-refractivity contribution in [2.75, 3.05) is 45.7 Å². The Kier molecular flexibility index (Phi) is 11.5. The van der Waals surface area contributed by atoms with Gasteiger partial charge in [-0.25, -0.2) is 4.98 Å². The number of hydrogen-bond acceptors (Lipinski definition) is 4. The van der Waals surface area contributed by atoms with Crippen LogP contribution in [-0.4, -0.2) is 51.3 Å². The second-order valence-corrected chi connectivity index (χ2v) is 4.63. The quantitative estimate of drug-likeness (QED) is 0.240. The third-order valence-electron chi connectivity index (χ3n) is 2.87. The first-order chi connectivity index (χ1) is 11.0. The van der Waals surface area contributed by atoms with Crippen molar-refractivity contribution in [2.45, 2.75) is 12.6 Å². The van der Waals surface area contributed by atoms with Crippen LogP contribution in [0.25, 0.3) is 0 Å².